The molecule has 7 rings (SSSR count). The van der Waals surface area contributed by atoms with Gasteiger partial charge >= 0.3 is 0 Å². The second-order valence-corrected chi connectivity index (χ2v) is 15.6. The van der Waals surface area contributed by atoms with Crippen LogP contribution in [-0.2, 0) is 29.3 Å². The molecule has 3 fully saturated rings. The van der Waals surface area contributed by atoms with Crippen LogP contribution in [-0.4, -0.2) is 114 Å². The van der Waals surface area contributed by atoms with Gasteiger partial charge in [0.2, 0.25) is 10.0 Å². The number of nitrogens with one attached hydrogen (secondary N) is 2. The van der Waals surface area contributed by atoms with Gasteiger partial charge in [0.15, 0.2) is 38.7 Å². The van der Waals surface area contributed by atoms with E-state index in [1.54, 1.807) is 6.92 Å². The van der Waals surface area contributed by atoms with Crippen LogP contribution in [0.1, 0.15) is 24.7 Å². The molecule has 19 nitrogen and oxygen atoms in total. The molecule has 3 aliphatic heterocycles. The third kappa shape index (κ3) is 5.26. The van der Waals surface area contributed by atoms with Crippen molar-refractivity contribution in [1.29, 1.82) is 0 Å². The number of imidazole rings is 2. The number of hydrogen-bond donors (Lipinski definition) is 5. The normalized spacial score (nSPS) is 33.4. The zero-order chi connectivity index (χ0) is 31.8. The van der Waals surface area contributed by atoms with Gasteiger partial charge in [0, 0.05) is 18.4 Å². The molecule has 0 radical (unpaired) electrons. The lowest BCUT2D eigenvalue weighted by molar-refractivity contribution is -0.0330. The number of sulfonamides is 1. The quantitative estimate of drug-likeness (QED) is 0.146. The summed E-state index contributed by atoms with van der Waals surface area (Å²) in [6.45, 7) is 1.20. The number of fused-ring (bicyclic) bond motifs is 5. The molecule has 0 aromatic carbocycles. The lowest BCUT2D eigenvalue weighted by Gasteiger charge is -2.23. The second-order valence-electron chi connectivity index (χ2n) is 11.5. The van der Waals surface area contributed by atoms with Gasteiger partial charge in [0.25, 0.3) is 5.56 Å². The molecule has 8 atom stereocenters. The number of ether oxygens (including phenoxy) is 2. The number of H-pyrrole nitrogens is 1. The van der Waals surface area contributed by atoms with E-state index in [1.165, 1.54) is 28.1 Å². The highest BCUT2D eigenvalue weighted by Crippen LogP contribution is 2.40. The van der Waals surface area contributed by atoms with E-state index in [4.69, 9.17) is 15.2 Å². The van der Waals surface area contributed by atoms with Crippen molar-refractivity contribution >= 4 is 48.0 Å². The van der Waals surface area contributed by atoms with Crippen molar-refractivity contribution in [3.8, 4) is 0 Å². The fourth-order valence-electron chi connectivity index (χ4n) is 6.40. The molecule has 242 valence electrons. The fourth-order valence-corrected chi connectivity index (χ4v) is 9.56. The first-order valence-electron chi connectivity index (χ1n) is 14.0. The molecule has 45 heavy (non-hydrogen) atoms. The van der Waals surface area contributed by atoms with E-state index < -0.39 is 91.4 Å². The van der Waals surface area contributed by atoms with Gasteiger partial charge in [0.05, 0.1) is 48.2 Å². The number of sulfone groups is 1. The molecule has 3 aliphatic rings. The third-order valence-electron chi connectivity index (χ3n) is 8.58. The average molecular weight is 667 g/mol. The Bertz CT molecular complexity index is 2060. The Balaban J connectivity index is 1.21. The molecule has 4 aromatic rings. The number of anilines is 1. The first kappa shape index (κ1) is 30.1. The highest BCUT2D eigenvalue weighted by atomic mass is 32.2. The van der Waals surface area contributed by atoms with Crippen molar-refractivity contribution in [3.63, 3.8) is 0 Å². The first-order chi connectivity index (χ1) is 21.3. The van der Waals surface area contributed by atoms with Crippen molar-refractivity contribution < 1.29 is 36.5 Å². The van der Waals surface area contributed by atoms with E-state index in [0.29, 0.717) is 0 Å². The van der Waals surface area contributed by atoms with Gasteiger partial charge < -0.3 is 30.4 Å². The Morgan fingerprint density at radius 3 is 2.40 bits per heavy atom. The number of aryl methyl sites for hydroxylation is 1. The molecule has 2 unspecified atom stereocenters. The molecule has 2 bridgehead atoms. The van der Waals surface area contributed by atoms with Crippen LogP contribution in [0, 0.1) is 18.8 Å². The van der Waals surface area contributed by atoms with Crippen LogP contribution in [0.2, 0.25) is 0 Å². The lowest BCUT2D eigenvalue weighted by Crippen LogP contribution is -2.42. The van der Waals surface area contributed by atoms with Crippen LogP contribution in [0.5, 0.6) is 0 Å². The van der Waals surface area contributed by atoms with Crippen molar-refractivity contribution in [2.45, 2.75) is 50.2 Å². The Hall–Kier alpha value is -3.60. The van der Waals surface area contributed by atoms with Crippen LogP contribution in [0.4, 0.5) is 5.82 Å². The summed E-state index contributed by atoms with van der Waals surface area (Å²) in [5.74, 6) is -3.30. The number of aromatic nitrogens is 8. The maximum atomic E-state index is 13.5. The summed E-state index contributed by atoms with van der Waals surface area (Å²) in [6.07, 6.45) is -3.51. The predicted molar refractivity (Wildman–Crippen MR) is 154 cm³/mol. The van der Waals surface area contributed by atoms with E-state index in [9.17, 15) is 31.8 Å². The van der Waals surface area contributed by atoms with Crippen LogP contribution in [0.25, 0.3) is 22.3 Å². The summed E-state index contributed by atoms with van der Waals surface area (Å²) in [4.78, 5) is 35.6. The Morgan fingerprint density at radius 1 is 0.911 bits per heavy atom. The highest BCUT2D eigenvalue weighted by Gasteiger charge is 2.50. The maximum Gasteiger partial charge on any atom is 0.279 e. The van der Waals surface area contributed by atoms with Gasteiger partial charge in [-0.25, -0.2) is 46.5 Å². The van der Waals surface area contributed by atoms with Crippen molar-refractivity contribution in [1.82, 2.24) is 43.8 Å². The molecule has 3 saturated heterocycles. The second kappa shape index (κ2) is 10.7. The van der Waals surface area contributed by atoms with Gasteiger partial charge in [-0.15, -0.1) is 0 Å². The smallest absolute Gasteiger partial charge is 0.279 e. The number of hydrogen-bond acceptors (Lipinski definition) is 15. The number of rotatable bonds is 2. The number of nitrogens with zero attached hydrogens (tertiary/aromatic N) is 7. The van der Waals surface area contributed by atoms with Gasteiger partial charge in [0.1, 0.15) is 30.0 Å². The molecule has 0 saturated carbocycles. The third-order valence-corrected chi connectivity index (χ3v) is 11.8. The van der Waals surface area contributed by atoms with Gasteiger partial charge in [-0.3, -0.25) is 13.9 Å². The minimum Gasteiger partial charge on any atom is -0.390 e. The number of aliphatic hydroxyl groups is 2. The zero-order valence-electron chi connectivity index (χ0n) is 23.7. The van der Waals surface area contributed by atoms with Crippen molar-refractivity contribution in [3.05, 3.63) is 35.2 Å². The molecule has 21 heteroatoms. The summed E-state index contributed by atoms with van der Waals surface area (Å²) in [7, 11) is -8.06. The number of nitrogen functional groups attached to an aromatic ring is 1. The molecular weight excluding hydrogens is 636 g/mol. The highest BCUT2D eigenvalue weighted by molar-refractivity contribution is 7.91. The van der Waals surface area contributed by atoms with E-state index in [0.717, 1.165) is 0 Å². The molecule has 4 aromatic heterocycles. The van der Waals surface area contributed by atoms with Crippen molar-refractivity contribution in [2.75, 3.05) is 29.5 Å². The van der Waals surface area contributed by atoms with Gasteiger partial charge in [-0.1, -0.05) is 0 Å². The van der Waals surface area contributed by atoms with E-state index in [1.807, 2.05) is 0 Å². The van der Waals surface area contributed by atoms with E-state index in [2.05, 4.69) is 34.6 Å². The first-order valence-corrected chi connectivity index (χ1v) is 17.5. The average Bonchev–Trinajstić information content (AvgIpc) is 3.72. The minimum atomic E-state index is -4.16. The number of nitrogens with two attached hydrogens (primary N) is 1. The Labute approximate surface area is 254 Å². The van der Waals surface area contributed by atoms with Crippen LogP contribution in [0.15, 0.2) is 23.8 Å². The van der Waals surface area contributed by atoms with Gasteiger partial charge in [-0.2, -0.15) is 0 Å². The molecule has 6 N–H and O–H groups in total. The summed E-state index contributed by atoms with van der Waals surface area (Å²) in [6, 6.07) is 0. The summed E-state index contributed by atoms with van der Waals surface area (Å²) in [5.41, 5.74) is 6.01. The molecule has 0 aliphatic carbocycles. The largest absolute Gasteiger partial charge is 0.390 e. The maximum absolute atomic E-state index is 13.5. The van der Waals surface area contributed by atoms with Gasteiger partial charge in [-0.05, 0) is 13.3 Å². The lowest BCUT2D eigenvalue weighted by atomic mass is 10.0. The monoisotopic (exact) mass is 666 g/mol. The minimum absolute atomic E-state index is 0.00351. The van der Waals surface area contributed by atoms with Crippen LogP contribution >= 0.6 is 0 Å². The van der Waals surface area contributed by atoms with Crippen molar-refractivity contribution in [2.24, 2.45) is 11.8 Å². The topological polar surface area (TPSA) is 272 Å². The Morgan fingerprint density at radius 2 is 1.62 bits per heavy atom. The standard InChI is InChI=1S/C24H30N10O9S2/c1-10-31-21-16(22(37)32-10)29-9-34(21)23-12-6-45(40,41)30-4-14-11(5-44(38,39)3-2-13(42-23)17(12)35)18(36)24(43-14)33-8-28-15-19(25)26-7-27-20(15)33/h7-9,11-14,17-18,23-24,30,35-36H,2-6H2,1H3,(H2,25,26,27)(H,31,32,37)/t11-,12-,13+,14+,17?,18?,23+,24+/m0/s1. The zero-order valence-corrected chi connectivity index (χ0v) is 25.3. The van der Waals surface area contributed by atoms with Crippen LogP contribution < -0.4 is 16.0 Å². The number of aromatic amines is 1. The summed E-state index contributed by atoms with van der Waals surface area (Å²) < 4.78 is 71.2. The summed E-state index contributed by atoms with van der Waals surface area (Å²) >= 11 is 0. The number of aliphatic hydroxyl groups excluding tert-OH is 2. The predicted octanol–water partition coefficient (Wildman–Crippen LogP) is -2.66. The fraction of sp³-hybridized carbons (Fsp3) is 0.583. The SMILES string of the molecule is Cc1nc2c(ncn2[C@@H]2O[C@@H]3CCS(=O)(=O)C[C@@H]4C(O)[C@H](n5cnc6c(N)ncnc65)O[C@@H]4CNS(=O)(=O)C[C@H]2C3O)c(=O)[nH]1. The molecule has 0 amide bonds. The molecule has 7 heterocycles. The van der Waals surface area contributed by atoms with E-state index in [-0.39, 0.29) is 46.9 Å². The molecular formula is C24H30N10O9S2. The Kier molecular flexibility index (Phi) is 7.18. The molecule has 0 spiro atoms. The van der Waals surface area contributed by atoms with Crippen LogP contribution in [0.3, 0.4) is 0 Å². The van der Waals surface area contributed by atoms with E-state index >= 15 is 0 Å². The summed E-state index contributed by atoms with van der Waals surface area (Å²) in [5, 5.41) is 22.6.